The van der Waals surface area contributed by atoms with Crippen LogP contribution in [0.15, 0.2) is 12.4 Å². The lowest BCUT2D eigenvalue weighted by Crippen LogP contribution is -2.35. The zero-order chi connectivity index (χ0) is 12.1. The van der Waals surface area contributed by atoms with Crippen LogP contribution in [0.2, 0.25) is 0 Å². The normalized spacial score (nSPS) is 16.8. The molecule has 0 atom stereocenters. The van der Waals surface area contributed by atoms with Crippen LogP contribution in [0.3, 0.4) is 0 Å². The van der Waals surface area contributed by atoms with Gasteiger partial charge >= 0.3 is 0 Å². The number of aromatic nitrogens is 2. The molecule has 94 valence electrons. The summed E-state index contributed by atoms with van der Waals surface area (Å²) >= 11 is 0. The van der Waals surface area contributed by atoms with Crippen LogP contribution in [0.1, 0.15) is 12.8 Å². The number of nitrogens with one attached hydrogen (secondary N) is 3. The van der Waals surface area contributed by atoms with Gasteiger partial charge < -0.3 is 16.0 Å². The molecule has 0 saturated carbocycles. The van der Waals surface area contributed by atoms with Crippen LogP contribution in [-0.2, 0) is 11.3 Å². The minimum atomic E-state index is -0.0403. The number of piperidine rings is 1. The predicted octanol–water partition coefficient (Wildman–Crippen LogP) is -0.207. The lowest BCUT2D eigenvalue weighted by molar-refractivity contribution is -0.121. The molecule has 1 aliphatic rings. The van der Waals surface area contributed by atoms with Crippen molar-refractivity contribution in [3.05, 3.63) is 12.4 Å². The first-order valence-electron chi connectivity index (χ1n) is 5.98. The largest absolute Gasteiger partial charge is 0.380 e. The standard InChI is InChI=1S/C11H19N5O/c1-12-11(17)8-16-7-10(6-14-16)15-9-2-4-13-5-3-9/h6-7,9,13,15H,2-5,8H2,1H3,(H,12,17). The van der Waals surface area contributed by atoms with Crippen LogP contribution < -0.4 is 16.0 Å². The Labute approximate surface area is 101 Å². The number of likely N-dealkylation sites (N-methyl/N-ethyl adjacent to an activating group) is 1. The Morgan fingerprint density at radius 3 is 3.06 bits per heavy atom. The molecule has 0 aliphatic carbocycles. The van der Waals surface area contributed by atoms with Crippen LogP contribution in [0, 0.1) is 0 Å². The molecule has 0 unspecified atom stereocenters. The first-order chi connectivity index (χ1) is 8.28. The van der Waals surface area contributed by atoms with Crippen LogP contribution in [0.25, 0.3) is 0 Å². The lowest BCUT2D eigenvalue weighted by Gasteiger charge is -2.23. The van der Waals surface area contributed by atoms with Crippen LogP contribution in [0.5, 0.6) is 0 Å². The third kappa shape index (κ3) is 3.45. The Balaban J connectivity index is 1.86. The fraction of sp³-hybridized carbons (Fsp3) is 0.636. The van der Waals surface area contributed by atoms with Gasteiger partial charge in [0, 0.05) is 19.3 Å². The maximum atomic E-state index is 11.2. The fourth-order valence-electron chi connectivity index (χ4n) is 1.95. The van der Waals surface area contributed by atoms with E-state index in [4.69, 9.17) is 0 Å². The highest BCUT2D eigenvalue weighted by atomic mass is 16.1. The first kappa shape index (κ1) is 11.9. The first-order valence-corrected chi connectivity index (χ1v) is 5.98. The summed E-state index contributed by atoms with van der Waals surface area (Å²) < 4.78 is 1.64. The Morgan fingerprint density at radius 1 is 1.59 bits per heavy atom. The van der Waals surface area contributed by atoms with Crippen molar-refractivity contribution in [3.8, 4) is 0 Å². The second kappa shape index (κ2) is 5.67. The van der Waals surface area contributed by atoms with Gasteiger partial charge in [-0.25, -0.2) is 0 Å². The quantitative estimate of drug-likeness (QED) is 0.678. The molecule has 3 N–H and O–H groups in total. The van der Waals surface area contributed by atoms with Gasteiger partial charge in [-0.3, -0.25) is 9.48 Å². The second-order valence-electron chi connectivity index (χ2n) is 4.27. The van der Waals surface area contributed by atoms with E-state index in [-0.39, 0.29) is 12.5 Å². The average Bonchev–Trinajstić information content (AvgIpc) is 2.77. The van der Waals surface area contributed by atoms with Gasteiger partial charge in [-0.05, 0) is 25.9 Å². The van der Waals surface area contributed by atoms with Gasteiger partial charge in [0.05, 0.1) is 11.9 Å². The van der Waals surface area contributed by atoms with Gasteiger partial charge in [-0.1, -0.05) is 0 Å². The van der Waals surface area contributed by atoms with E-state index in [1.807, 2.05) is 6.20 Å². The Kier molecular flexibility index (Phi) is 3.98. The van der Waals surface area contributed by atoms with Gasteiger partial charge in [0.1, 0.15) is 6.54 Å². The summed E-state index contributed by atoms with van der Waals surface area (Å²) in [6, 6.07) is 0.508. The zero-order valence-electron chi connectivity index (χ0n) is 10.1. The predicted molar refractivity (Wildman–Crippen MR) is 65.8 cm³/mol. The Hall–Kier alpha value is -1.56. The van der Waals surface area contributed by atoms with Crippen molar-refractivity contribution in [2.75, 3.05) is 25.5 Å². The van der Waals surface area contributed by atoms with Crippen molar-refractivity contribution in [1.82, 2.24) is 20.4 Å². The molecule has 17 heavy (non-hydrogen) atoms. The van der Waals surface area contributed by atoms with Crippen molar-refractivity contribution >= 4 is 11.6 Å². The van der Waals surface area contributed by atoms with Crippen molar-refractivity contribution in [3.63, 3.8) is 0 Å². The summed E-state index contributed by atoms with van der Waals surface area (Å²) in [7, 11) is 1.63. The topological polar surface area (TPSA) is 71.0 Å². The molecule has 0 spiro atoms. The highest BCUT2D eigenvalue weighted by molar-refractivity contribution is 5.75. The van der Waals surface area contributed by atoms with E-state index in [2.05, 4.69) is 21.0 Å². The van der Waals surface area contributed by atoms with Crippen LogP contribution in [-0.4, -0.2) is 41.9 Å². The molecular formula is C11H19N5O. The van der Waals surface area contributed by atoms with Crippen LogP contribution in [0.4, 0.5) is 5.69 Å². The summed E-state index contributed by atoms with van der Waals surface area (Å²) in [5, 5.41) is 13.5. The van der Waals surface area contributed by atoms with Crippen molar-refractivity contribution in [1.29, 1.82) is 0 Å². The zero-order valence-corrected chi connectivity index (χ0v) is 10.1. The van der Waals surface area contributed by atoms with Gasteiger partial charge in [0.15, 0.2) is 0 Å². The molecule has 0 radical (unpaired) electrons. The number of carbonyl (C=O) groups is 1. The van der Waals surface area contributed by atoms with Crippen molar-refractivity contribution < 1.29 is 4.79 Å². The van der Waals surface area contributed by atoms with E-state index in [1.54, 1.807) is 17.9 Å². The van der Waals surface area contributed by atoms with E-state index in [1.165, 1.54) is 0 Å². The third-order valence-corrected chi connectivity index (χ3v) is 2.93. The molecule has 1 aromatic heterocycles. The minimum absolute atomic E-state index is 0.0403. The molecule has 6 heteroatoms. The number of amides is 1. The van der Waals surface area contributed by atoms with Gasteiger partial charge in [0.2, 0.25) is 5.91 Å². The van der Waals surface area contributed by atoms with Crippen LogP contribution >= 0.6 is 0 Å². The number of rotatable bonds is 4. The SMILES string of the molecule is CNC(=O)Cn1cc(NC2CCNCC2)cn1. The fourth-order valence-corrected chi connectivity index (χ4v) is 1.95. The van der Waals surface area contributed by atoms with Gasteiger partial charge in [-0.2, -0.15) is 5.10 Å². The number of hydrogen-bond acceptors (Lipinski definition) is 4. The molecule has 1 aliphatic heterocycles. The lowest BCUT2D eigenvalue weighted by atomic mass is 10.1. The molecular weight excluding hydrogens is 218 g/mol. The third-order valence-electron chi connectivity index (χ3n) is 2.93. The summed E-state index contributed by atoms with van der Waals surface area (Å²) in [6.45, 7) is 2.39. The number of anilines is 1. The summed E-state index contributed by atoms with van der Waals surface area (Å²) in [5.74, 6) is -0.0403. The highest BCUT2D eigenvalue weighted by Gasteiger charge is 2.13. The monoisotopic (exact) mass is 237 g/mol. The average molecular weight is 237 g/mol. The number of carbonyl (C=O) groups excluding carboxylic acids is 1. The maximum Gasteiger partial charge on any atom is 0.241 e. The van der Waals surface area contributed by atoms with E-state index in [0.29, 0.717) is 6.04 Å². The minimum Gasteiger partial charge on any atom is -0.380 e. The smallest absolute Gasteiger partial charge is 0.241 e. The molecule has 1 aromatic rings. The molecule has 1 saturated heterocycles. The molecule has 0 aromatic carbocycles. The highest BCUT2D eigenvalue weighted by Crippen LogP contribution is 2.12. The van der Waals surface area contributed by atoms with Crippen molar-refractivity contribution in [2.24, 2.45) is 0 Å². The summed E-state index contributed by atoms with van der Waals surface area (Å²) in [5.41, 5.74) is 0.987. The summed E-state index contributed by atoms with van der Waals surface area (Å²) in [4.78, 5) is 11.2. The Morgan fingerprint density at radius 2 is 2.35 bits per heavy atom. The van der Waals surface area contributed by atoms with E-state index in [0.717, 1.165) is 31.6 Å². The van der Waals surface area contributed by atoms with Gasteiger partial charge in [-0.15, -0.1) is 0 Å². The molecule has 1 fully saturated rings. The van der Waals surface area contributed by atoms with Gasteiger partial charge in [0.25, 0.3) is 0 Å². The molecule has 2 heterocycles. The second-order valence-corrected chi connectivity index (χ2v) is 4.27. The van der Waals surface area contributed by atoms with E-state index in [9.17, 15) is 4.79 Å². The number of nitrogens with zero attached hydrogens (tertiary/aromatic N) is 2. The summed E-state index contributed by atoms with van der Waals surface area (Å²) in [6.07, 6.45) is 5.89. The molecule has 0 bridgehead atoms. The molecule has 2 rings (SSSR count). The van der Waals surface area contributed by atoms with E-state index < -0.39 is 0 Å². The Bertz CT molecular complexity index is 370. The maximum absolute atomic E-state index is 11.2. The van der Waals surface area contributed by atoms with E-state index >= 15 is 0 Å². The molecule has 6 nitrogen and oxygen atoms in total. The molecule has 1 amide bonds. The number of hydrogen-bond donors (Lipinski definition) is 3. The van der Waals surface area contributed by atoms with Crippen molar-refractivity contribution in [2.45, 2.75) is 25.4 Å².